The average Bonchev–Trinajstić information content (AvgIpc) is 3.71. The smallest absolute Gasteiger partial charge is 0.301 e. The van der Waals surface area contributed by atoms with Gasteiger partial charge in [-0.25, -0.2) is 0 Å². The van der Waals surface area contributed by atoms with Gasteiger partial charge in [0.25, 0.3) is 5.78 Å². The minimum Gasteiger partial charge on any atom is -0.507 e. The van der Waals surface area contributed by atoms with Gasteiger partial charge in [-0.15, -0.1) is 10.2 Å². The zero-order valence-corrected chi connectivity index (χ0v) is 27.4. The molecule has 45 heavy (non-hydrogen) atoms. The summed E-state index contributed by atoms with van der Waals surface area (Å²) in [7, 11) is 0. The molecule has 2 aliphatic rings. The van der Waals surface area contributed by atoms with Crippen molar-refractivity contribution < 1.29 is 24.2 Å². The minimum atomic E-state index is -0.941. The SMILES string of the molecule is CC(C)CCOc1cccc([C@@H]2/C(=C(\O)c3ccc4c(c3)C[C@@H](C)O4)C(=O)C(=O)N2c2nnc(SCc3ccc(Cl)cc3)s2)c1. The lowest BCUT2D eigenvalue weighted by molar-refractivity contribution is -0.132. The zero-order chi connectivity index (χ0) is 31.7. The van der Waals surface area contributed by atoms with Crippen LogP contribution in [0.2, 0.25) is 5.02 Å². The molecule has 232 valence electrons. The van der Waals surface area contributed by atoms with E-state index in [0.29, 0.717) is 50.9 Å². The van der Waals surface area contributed by atoms with Crippen molar-refractivity contribution in [1.82, 2.24) is 10.2 Å². The number of rotatable bonds is 10. The Morgan fingerprint density at radius 2 is 1.93 bits per heavy atom. The van der Waals surface area contributed by atoms with E-state index in [2.05, 4.69) is 24.0 Å². The molecule has 8 nitrogen and oxygen atoms in total. The highest BCUT2D eigenvalue weighted by Crippen LogP contribution is 2.45. The van der Waals surface area contributed by atoms with Gasteiger partial charge in [-0.2, -0.15) is 0 Å². The van der Waals surface area contributed by atoms with Crippen molar-refractivity contribution in [2.24, 2.45) is 5.92 Å². The van der Waals surface area contributed by atoms with Crippen LogP contribution in [-0.4, -0.2) is 39.7 Å². The Kier molecular flexibility index (Phi) is 9.16. The molecule has 1 aromatic heterocycles. The van der Waals surface area contributed by atoms with E-state index in [1.807, 2.05) is 61.5 Å². The molecule has 1 amide bonds. The number of aliphatic hydroxyl groups excluding tert-OH is 1. The Balaban J connectivity index is 1.37. The summed E-state index contributed by atoms with van der Waals surface area (Å²) in [6, 6.07) is 19.2. The van der Waals surface area contributed by atoms with E-state index in [9.17, 15) is 14.7 Å². The number of anilines is 1. The maximum atomic E-state index is 13.7. The molecular weight excluding hydrogens is 630 g/mol. The number of thioether (sulfide) groups is 1. The molecule has 11 heteroatoms. The summed E-state index contributed by atoms with van der Waals surface area (Å²) in [5.74, 6) is 0.639. The molecule has 4 aromatic rings. The van der Waals surface area contributed by atoms with Crippen molar-refractivity contribution in [3.05, 3.63) is 99.6 Å². The van der Waals surface area contributed by atoms with Gasteiger partial charge in [0, 0.05) is 22.8 Å². The summed E-state index contributed by atoms with van der Waals surface area (Å²) in [5, 5.41) is 21.2. The molecule has 1 N–H and O–H groups in total. The molecule has 0 saturated carbocycles. The van der Waals surface area contributed by atoms with Gasteiger partial charge in [-0.1, -0.05) is 72.8 Å². The standard InChI is InChI=1S/C34H32ClN3O5S2/c1-19(2)13-14-42-26-6-4-5-22(17-26)29-28(30(39)23-9-12-27-24(16-23)15-20(3)43-27)31(40)32(41)38(29)33-36-37-34(45-33)44-18-21-7-10-25(35)11-8-21/h4-12,16-17,19-20,29,39H,13-15,18H2,1-3H3/b30-28+/t20-,29-/m1/s1. The molecule has 0 unspecified atom stereocenters. The molecule has 1 saturated heterocycles. The van der Waals surface area contributed by atoms with E-state index in [-0.39, 0.29) is 22.6 Å². The summed E-state index contributed by atoms with van der Waals surface area (Å²) in [6.45, 7) is 6.76. The number of Topliss-reactive ketones (excluding diaryl/α,β-unsaturated/α-hetero) is 1. The van der Waals surface area contributed by atoms with Gasteiger partial charge in [0.05, 0.1) is 18.2 Å². The Bertz CT molecular complexity index is 1770. The highest BCUT2D eigenvalue weighted by molar-refractivity contribution is 8.00. The molecule has 0 aliphatic carbocycles. The first-order chi connectivity index (χ1) is 21.7. The zero-order valence-electron chi connectivity index (χ0n) is 25.0. The van der Waals surface area contributed by atoms with Crippen molar-refractivity contribution in [2.75, 3.05) is 11.5 Å². The van der Waals surface area contributed by atoms with E-state index in [4.69, 9.17) is 21.1 Å². The van der Waals surface area contributed by atoms with Crippen LogP contribution in [0.15, 0.2) is 76.6 Å². The number of aromatic nitrogens is 2. The van der Waals surface area contributed by atoms with Crippen molar-refractivity contribution in [2.45, 2.75) is 55.9 Å². The van der Waals surface area contributed by atoms with E-state index >= 15 is 0 Å². The van der Waals surface area contributed by atoms with Gasteiger partial charge < -0.3 is 14.6 Å². The van der Waals surface area contributed by atoms with Gasteiger partial charge in [0.1, 0.15) is 23.4 Å². The summed E-state index contributed by atoms with van der Waals surface area (Å²) in [6.07, 6.45) is 1.58. The fraction of sp³-hybridized carbons (Fsp3) is 0.294. The minimum absolute atomic E-state index is 0.0168. The number of hydrogen-bond acceptors (Lipinski definition) is 9. The third-order valence-corrected chi connectivity index (χ3v) is 10.0. The molecule has 2 atom stereocenters. The summed E-state index contributed by atoms with van der Waals surface area (Å²) >= 11 is 8.71. The Morgan fingerprint density at radius 3 is 2.71 bits per heavy atom. The third-order valence-electron chi connectivity index (χ3n) is 7.63. The third kappa shape index (κ3) is 6.73. The van der Waals surface area contributed by atoms with Crippen LogP contribution in [0.5, 0.6) is 11.5 Å². The highest BCUT2D eigenvalue weighted by Gasteiger charge is 2.48. The number of ether oxygens (including phenoxy) is 2. The highest BCUT2D eigenvalue weighted by atomic mass is 35.5. The first-order valence-corrected chi connectivity index (χ1v) is 16.9. The largest absolute Gasteiger partial charge is 0.507 e. The van der Waals surface area contributed by atoms with Crippen LogP contribution in [0, 0.1) is 5.92 Å². The number of amides is 1. The molecular formula is C34H32ClN3O5S2. The lowest BCUT2D eigenvalue weighted by atomic mass is 9.94. The van der Waals surface area contributed by atoms with Crippen LogP contribution in [0.4, 0.5) is 5.13 Å². The van der Waals surface area contributed by atoms with Crippen molar-refractivity contribution in [3.8, 4) is 11.5 Å². The van der Waals surface area contributed by atoms with E-state index < -0.39 is 17.7 Å². The van der Waals surface area contributed by atoms with Gasteiger partial charge >= 0.3 is 5.91 Å². The van der Waals surface area contributed by atoms with Gasteiger partial charge in [-0.3, -0.25) is 14.5 Å². The molecule has 0 radical (unpaired) electrons. The molecule has 1 fully saturated rings. The van der Waals surface area contributed by atoms with Crippen LogP contribution in [-0.2, 0) is 21.8 Å². The van der Waals surface area contributed by atoms with Crippen molar-refractivity contribution in [3.63, 3.8) is 0 Å². The first-order valence-electron chi connectivity index (χ1n) is 14.7. The number of carbonyl (C=O) groups excluding carboxylic acids is 2. The number of fused-ring (bicyclic) bond motifs is 1. The van der Waals surface area contributed by atoms with E-state index in [0.717, 1.165) is 23.3 Å². The second-order valence-corrected chi connectivity index (χ2v) is 14.1. The molecule has 2 aliphatic heterocycles. The number of aliphatic hydroxyl groups is 1. The van der Waals surface area contributed by atoms with Crippen LogP contribution in [0.1, 0.15) is 55.5 Å². The summed E-state index contributed by atoms with van der Waals surface area (Å²) < 4.78 is 12.5. The average molecular weight is 662 g/mol. The Hall–Kier alpha value is -3.86. The normalized spacial score (nSPS) is 18.8. The fourth-order valence-electron chi connectivity index (χ4n) is 5.34. The summed E-state index contributed by atoms with van der Waals surface area (Å²) in [4.78, 5) is 28.8. The maximum Gasteiger partial charge on any atom is 0.301 e. The fourth-order valence-corrected chi connectivity index (χ4v) is 7.29. The Labute approximate surface area is 275 Å². The number of benzene rings is 3. The van der Waals surface area contributed by atoms with E-state index in [1.165, 1.54) is 28.0 Å². The second-order valence-electron chi connectivity index (χ2n) is 11.5. The van der Waals surface area contributed by atoms with Gasteiger partial charge in [-0.05, 0) is 78.4 Å². The van der Waals surface area contributed by atoms with Crippen molar-refractivity contribution in [1.29, 1.82) is 0 Å². The molecule has 3 aromatic carbocycles. The van der Waals surface area contributed by atoms with Gasteiger partial charge in [0.15, 0.2) is 4.34 Å². The monoisotopic (exact) mass is 661 g/mol. The number of hydrogen-bond donors (Lipinski definition) is 1. The predicted octanol–water partition coefficient (Wildman–Crippen LogP) is 7.86. The van der Waals surface area contributed by atoms with E-state index in [1.54, 1.807) is 12.1 Å². The predicted molar refractivity (Wildman–Crippen MR) is 177 cm³/mol. The van der Waals surface area contributed by atoms with Crippen molar-refractivity contribution >= 4 is 57.3 Å². The maximum absolute atomic E-state index is 13.7. The number of nitrogens with zero attached hydrogens (tertiary/aromatic N) is 3. The molecule has 3 heterocycles. The lowest BCUT2D eigenvalue weighted by Crippen LogP contribution is -2.29. The first kappa shape index (κ1) is 31.1. The molecule has 0 spiro atoms. The van der Waals surface area contributed by atoms with Gasteiger partial charge in [0.2, 0.25) is 5.13 Å². The van der Waals surface area contributed by atoms with Crippen LogP contribution < -0.4 is 14.4 Å². The number of ketones is 1. The Morgan fingerprint density at radius 1 is 1.13 bits per heavy atom. The topological polar surface area (TPSA) is 102 Å². The van der Waals surface area contributed by atoms with Crippen LogP contribution >= 0.6 is 34.7 Å². The molecule has 6 rings (SSSR count). The quantitative estimate of drug-likeness (QED) is 0.0603. The van der Waals surface area contributed by atoms with Crippen LogP contribution in [0.25, 0.3) is 5.76 Å². The number of halogens is 1. The number of carbonyl (C=O) groups is 2. The lowest BCUT2D eigenvalue weighted by Gasteiger charge is -2.23. The molecule has 0 bridgehead atoms. The summed E-state index contributed by atoms with van der Waals surface area (Å²) in [5.41, 5.74) is 3.03. The second kappa shape index (κ2) is 13.2. The van der Waals surface area contributed by atoms with Crippen LogP contribution in [0.3, 0.4) is 0 Å².